The molecule has 8 heteroatoms. The van der Waals surface area contributed by atoms with Crippen LogP contribution in [0.4, 0.5) is 4.39 Å². The van der Waals surface area contributed by atoms with Gasteiger partial charge in [0.2, 0.25) is 11.8 Å². The third kappa shape index (κ3) is 8.50. The predicted octanol–water partition coefficient (Wildman–Crippen LogP) is 6.28. The summed E-state index contributed by atoms with van der Waals surface area (Å²) in [5.41, 5.74) is 2.15. The van der Waals surface area contributed by atoms with Crippen LogP contribution in [0.3, 0.4) is 0 Å². The van der Waals surface area contributed by atoms with Gasteiger partial charge in [0, 0.05) is 35.3 Å². The van der Waals surface area contributed by atoms with Crippen LogP contribution in [0, 0.1) is 5.82 Å². The number of halogens is 2. The van der Waals surface area contributed by atoms with Gasteiger partial charge in [-0.15, -0.1) is 11.8 Å². The molecule has 0 aliphatic heterocycles. The van der Waals surface area contributed by atoms with E-state index in [0.717, 1.165) is 17.5 Å². The van der Waals surface area contributed by atoms with Crippen molar-refractivity contribution in [3.63, 3.8) is 0 Å². The fourth-order valence-electron chi connectivity index (χ4n) is 3.96. The summed E-state index contributed by atoms with van der Waals surface area (Å²) in [6, 6.07) is 20.9. The highest BCUT2D eigenvalue weighted by atomic mass is 35.5. The molecule has 2 amide bonds. The second-order valence-corrected chi connectivity index (χ2v) is 10.5. The van der Waals surface area contributed by atoms with Crippen LogP contribution in [0.25, 0.3) is 0 Å². The number of thioether (sulfide) groups is 1. The van der Waals surface area contributed by atoms with Crippen LogP contribution < -0.4 is 10.1 Å². The van der Waals surface area contributed by atoms with Crippen molar-refractivity contribution in [3.05, 3.63) is 100 Å². The Kier molecular flexibility index (Phi) is 11.5. The van der Waals surface area contributed by atoms with Crippen LogP contribution in [-0.2, 0) is 28.3 Å². The first-order chi connectivity index (χ1) is 18.3. The molecule has 0 saturated carbocycles. The molecule has 0 spiro atoms. The summed E-state index contributed by atoms with van der Waals surface area (Å²) in [7, 11) is 1.59. The monoisotopic (exact) mass is 556 g/mol. The molecule has 0 fully saturated rings. The number of benzene rings is 3. The molecule has 0 unspecified atom stereocenters. The second kappa shape index (κ2) is 14.8. The summed E-state index contributed by atoms with van der Waals surface area (Å²) >= 11 is 7.45. The van der Waals surface area contributed by atoms with Crippen LogP contribution >= 0.6 is 23.4 Å². The topological polar surface area (TPSA) is 58.6 Å². The van der Waals surface area contributed by atoms with E-state index < -0.39 is 11.9 Å². The number of nitrogens with zero attached hydrogens (tertiary/aromatic N) is 1. The average molecular weight is 557 g/mol. The fraction of sp³-hybridized carbons (Fsp3) is 0.333. The van der Waals surface area contributed by atoms with Crippen molar-refractivity contribution < 1.29 is 18.7 Å². The first-order valence-corrected chi connectivity index (χ1v) is 14.1. The Labute approximate surface area is 233 Å². The van der Waals surface area contributed by atoms with Gasteiger partial charge in [-0.1, -0.05) is 67.1 Å². The lowest BCUT2D eigenvalue weighted by Gasteiger charge is -2.32. The van der Waals surface area contributed by atoms with Gasteiger partial charge in [-0.25, -0.2) is 4.39 Å². The molecule has 0 aliphatic rings. The largest absolute Gasteiger partial charge is 0.497 e. The minimum absolute atomic E-state index is 0.0351. The average Bonchev–Trinajstić information content (AvgIpc) is 2.92. The summed E-state index contributed by atoms with van der Waals surface area (Å²) < 4.78 is 19.6. The maximum absolute atomic E-state index is 14.3. The number of nitrogens with one attached hydrogen (secondary N) is 1. The molecule has 5 nitrogen and oxygen atoms in total. The van der Waals surface area contributed by atoms with Gasteiger partial charge in [-0.3, -0.25) is 9.59 Å². The molecular weight excluding hydrogens is 523 g/mol. The zero-order chi connectivity index (χ0) is 27.5. The van der Waals surface area contributed by atoms with E-state index in [1.807, 2.05) is 68.4 Å². The maximum atomic E-state index is 14.3. The number of ether oxygens (including phenoxy) is 1. The number of carbonyl (C=O) groups is 2. The number of carbonyl (C=O) groups excluding carboxylic acids is 2. The van der Waals surface area contributed by atoms with Crippen molar-refractivity contribution >= 4 is 35.2 Å². The molecular formula is C30H34ClFN2O3S. The van der Waals surface area contributed by atoms with Gasteiger partial charge in [0.05, 0.1) is 12.9 Å². The van der Waals surface area contributed by atoms with Crippen molar-refractivity contribution in [2.75, 3.05) is 12.9 Å². The third-order valence-electron chi connectivity index (χ3n) is 6.29. The van der Waals surface area contributed by atoms with E-state index in [1.54, 1.807) is 24.1 Å². The lowest BCUT2D eigenvalue weighted by Crippen LogP contribution is -2.52. The van der Waals surface area contributed by atoms with Gasteiger partial charge < -0.3 is 15.0 Å². The van der Waals surface area contributed by atoms with Gasteiger partial charge in [-0.2, -0.15) is 0 Å². The molecule has 202 valence electrons. The molecule has 3 aromatic rings. The first kappa shape index (κ1) is 29.5. The number of rotatable bonds is 13. The van der Waals surface area contributed by atoms with Gasteiger partial charge in [-0.05, 0) is 48.7 Å². The van der Waals surface area contributed by atoms with E-state index >= 15 is 0 Å². The lowest BCUT2D eigenvalue weighted by atomic mass is 10.0. The molecule has 0 aromatic heterocycles. The van der Waals surface area contributed by atoms with Crippen LogP contribution in [0.1, 0.15) is 37.0 Å². The number of hydrogen-bond donors (Lipinski definition) is 1. The normalized spacial score (nSPS) is 12.4. The Morgan fingerprint density at radius 2 is 1.76 bits per heavy atom. The van der Waals surface area contributed by atoms with E-state index in [1.165, 1.54) is 17.8 Å². The molecule has 0 aliphatic carbocycles. The van der Waals surface area contributed by atoms with Crippen LogP contribution in [0.5, 0.6) is 5.75 Å². The van der Waals surface area contributed by atoms with Crippen molar-refractivity contribution in [3.8, 4) is 5.75 Å². The van der Waals surface area contributed by atoms with E-state index in [2.05, 4.69) is 5.32 Å². The third-order valence-corrected chi connectivity index (χ3v) is 7.59. The van der Waals surface area contributed by atoms with Crippen molar-refractivity contribution in [1.82, 2.24) is 10.2 Å². The lowest BCUT2D eigenvalue weighted by molar-refractivity contribution is -0.139. The smallest absolute Gasteiger partial charge is 0.243 e. The second-order valence-electron chi connectivity index (χ2n) is 9.09. The van der Waals surface area contributed by atoms with E-state index in [9.17, 15) is 14.0 Å². The minimum Gasteiger partial charge on any atom is -0.497 e. The zero-order valence-electron chi connectivity index (χ0n) is 22.0. The Bertz CT molecular complexity index is 1190. The quantitative estimate of drug-likeness (QED) is 0.269. The van der Waals surface area contributed by atoms with Crippen LogP contribution in [0.15, 0.2) is 72.8 Å². The van der Waals surface area contributed by atoms with Crippen molar-refractivity contribution in [2.45, 2.75) is 51.1 Å². The first-order valence-electron chi connectivity index (χ1n) is 12.6. The zero-order valence-corrected chi connectivity index (χ0v) is 23.5. The van der Waals surface area contributed by atoms with Gasteiger partial charge in [0.15, 0.2) is 0 Å². The Hall–Kier alpha value is -3.03. The van der Waals surface area contributed by atoms with Crippen LogP contribution in [0.2, 0.25) is 5.02 Å². The summed E-state index contributed by atoms with van der Waals surface area (Å²) in [5.74, 6) is 0.151. The number of amides is 2. The van der Waals surface area contributed by atoms with E-state index in [-0.39, 0.29) is 35.9 Å². The van der Waals surface area contributed by atoms with Gasteiger partial charge >= 0.3 is 0 Å². The van der Waals surface area contributed by atoms with Crippen LogP contribution in [-0.4, -0.2) is 41.7 Å². The Morgan fingerprint density at radius 3 is 2.45 bits per heavy atom. The molecule has 0 radical (unpaired) electrons. The van der Waals surface area contributed by atoms with Gasteiger partial charge in [0.25, 0.3) is 0 Å². The highest BCUT2D eigenvalue weighted by molar-refractivity contribution is 7.99. The Balaban J connectivity index is 1.89. The fourth-order valence-corrected chi connectivity index (χ4v) is 5.21. The molecule has 0 heterocycles. The molecule has 0 bridgehead atoms. The minimum atomic E-state index is -0.734. The standard InChI is InChI=1S/C30H34ClFN2O3S/c1-4-21(2)33-30(36)28(17-22-10-6-5-7-11-22)34(18-23-12-8-13-24(16-23)37-3)29(35)20-38-19-25-26(31)14-9-15-27(25)32/h5-16,21,28H,4,17-20H2,1-3H3,(H,33,36)/t21-,28+/m0/s1. The molecule has 0 saturated heterocycles. The number of hydrogen-bond acceptors (Lipinski definition) is 4. The molecule has 2 atom stereocenters. The Morgan fingerprint density at radius 1 is 1.05 bits per heavy atom. The van der Waals surface area contributed by atoms with E-state index in [4.69, 9.17) is 16.3 Å². The van der Waals surface area contributed by atoms with Gasteiger partial charge in [0.1, 0.15) is 17.6 Å². The molecule has 1 N–H and O–H groups in total. The molecule has 38 heavy (non-hydrogen) atoms. The summed E-state index contributed by atoms with van der Waals surface area (Å²) in [6.07, 6.45) is 1.13. The highest BCUT2D eigenvalue weighted by Gasteiger charge is 2.31. The molecule has 3 aromatic carbocycles. The van der Waals surface area contributed by atoms with Crippen molar-refractivity contribution in [2.24, 2.45) is 0 Å². The summed E-state index contributed by atoms with van der Waals surface area (Å²) in [5, 5.41) is 3.39. The SMILES string of the molecule is CC[C@H](C)NC(=O)[C@@H](Cc1ccccc1)N(Cc1cccc(OC)c1)C(=O)CSCc1c(F)cccc1Cl. The van der Waals surface area contributed by atoms with E-state index in [0.29, 0.717) is 22.8 Å². The highest BCUT2D eigenvalue weighted by Crippen LogP contribution is 2.25. The maximum Gasteiger partial charge on any atom is 0.243 e. The summed E-state index contributed by atoms with van der Waals surface area (Å²) in [4.78, 5) is 28.9. The number of methoxy groups -OCH3 is 1. The molecule has 3 rings (SSSR count). The predicted molar refractivity (Wildman–Crippen MR) is 153 cm³/mol. The summed E-state index contributed by atoms with van der Waals surface area (Å²) in [6.45, 7) is 4.17. The van der Waals surface area contributed by atoms with Crippen molar-refractivity contribution in [1.29, 1.82) is 0 Å².